The Bertz CT molecular complexity index is 414. The highest BCUT2D eigenvalue weighted by atomic mass is 16.5. The second kappa shape index (κ2) is 5.08. The number of hydrogen-bond donors (Lipinski definition) is 2. The van der Waals surface area contributed by atoms with Gasteiger partial charge in [-0.1, -0.05) is 6.42 Å². The molecule has 0 aliphatic heterocycles. The number of rotatable bonds is 4. The van der Waals surface area contributed by atoms with E-state index in [0.717, 1.165) is 6.54 Å². The first kappa shape index (κ1) is 11.8. The fourth-order valence-corrected chi connectivity index (χ4v) is 1.91. The molecule has 1 fully saturated rings. The molecule has 1 aliphatic rings. The zero-order valence-corrected chi connectivity index (χ0v) is 10.0. The summed E-state index contributed by atoms with van der Waals surface area (Å²) in [4.78, 5) is 11.9. The lowest BCUT2D eigenvalue weighted by Gasteiger charge is -2.25. The average molecular weight is 234 g/mol. The van der Waals surface area contributed by atoms with Gasteiger partial charge in [-0.15, -0.1) is 0 Å². The van der Waals surface area contributed by atoms with Gasteiger partial charge in [0.25, 0.3) is 5.91 Å². The van der Waals surface area contributed by atoms with Crippen LogP contribution in [0.3, 0.4) is 0 Å². The minimum absolute atomic E-state index is 0.0810. The van der Waals surface area contributed by atoms with Gasteiger partial charge < -0.3 is 15.8 Å². The van der Waals surface area contributed by atoms with Gasteiger partial charge in [0, 0.05) is 23.9 Å². The summed E-state index contributed by atoms with van der Waals surface area (Å²) in [5.74, 6) is 1.18. The molecule has 4 nitrogen and oxygen atoms in total. The van der Waals surface area contributed by atoms with Crippen LogP contribution in [0, 0.1) is 5.92 Å². The SMILES string of the molecule is COc1cc(N)cc(C(=O)NCC2CCC2)c1. The van der Waals surface area contributed by atoms with Gasteiger partial charge in [0.2, 0.25) is 0 Å². The van der Waals surface area contributed by atoms with Crippen molar-refractivity contribution < 1.29 is 9.53 Å². The summed E-state index contributed by atoms with van der Waals surface area (Å²) in [6.07, 6.45) is 3.73. The molecule has 1 aromatic rings. The summed E-state index contributed by atoms with van der Waals surface area (Å²) in [6.45, 7) is 0.760. The van der Waals surface area contributed by atoms with E-state index < -0.39 is 0 Å². The highest BCUT2D eigenvalue weighted by molar-refractivity contribution is 5.95. The quantitative estimate of drug-likeness (QED) is 0.781. The molecule has 0 radical (unpaired) electrons. The molecule has 4 heteroatoms. The summed E-state index contributed by atoms with van der Waals surface area (Å²) in [6, 6.07) is 5.06. The maximum Gasteiger partial charge on any atom is 0.251 e. The van der Waals surface area contributed by atoms with Crippen molar-refractivity contribution in [2.24, 2.45) is 5.92 Å². The highest BCUT2D eigenvalue weighted by Gasteiger charge is 2.18. The van der Waals surface area contributed by atoms with Gasteiger partial charge in [0.15, 0.2) is 0 Å². The Morgan fingerprint density at radius 1 is 1.47 bits per heavy atom. The van der Waals surface area contributed by atoms with Crippen molar-refractivity contribution in [2.75, 3.05) is 19.4 Å². The smallest absolute Gasteiger partial charge is 0.251 e. The molecule has 1 amide bonds. The van der Waals surface area contributed by atoms with E-state index in [9.17, 15) is 4.79 Å². The number of amides is 1. The summed E-state index contributed by atoms with van der Waals surface area (Å²) in [7, 11) is 1.56. The van der Waals surface area contributed by atoms with Gasteiger partial charge in [-0.3, -0.25) is 4.79 Å². The van der Waals surface area contributed by atoms with E-state index in [4.69, 9.17) is 10.5 Å². The Hall–Kier alpha value is -1.71. The molecule has 0 spiro atoms. The fourth-order valence-electron chi connectivity index (χ4n) is 1.91. The van der Waals surface area contributed by atoms with E-state index in [0.29, 0.717) is 22.9 Å². The number of carbonyl (C=O) groups is 1. The number of anilines is 1. The zero-order valence-electron chi connectivity index (χ0n) is 10.0. The largest absolute Gasteiger partial charge is 0.497 e. The maximum absolute atomic E-state index is 11.9. The van der Waals surface area contributed by atoms with Crippen LogP contribution in [0.2, 0.25) is 0 Å². The van der Waals surface area contributed by atoms with Crippen LogP contribution in [-0.2, 0) is 0 Å². The molecule has 2 rings (SSSR count). The van der Waals surface area contributed by atoms with Crippen LogP contribution in [0.5, 0.6) is 5.75 Å². The minimum Gasteiger partial charge on any atom is -0.497 e. The van der Waals surface area contributed by atoms with Crippen LogP contribution in [0.4, 0.5) is 5.69 Å². The van der Waals surface area contributed by atoms with Crippen LogP contribution in [0.1, 0.15) is 29.6 Å². The highest BCUT2D eigenvalue weighted by Crippen LogP contribution is 2.25. The number of methoxy groups -OCH3 is 1. The van der Waals surface area contributed by atoms with Crippen LogP contribution >= 0.6 is 0 Å². The van der Waals surface area contributed by atoms with E-state index in [2.05, 4.69) is 5.32 Å². The number of ether oxygens (including phenoxy) is 1. The number of benzene rings is 1. The third-order valence-corrected chi connectivity index (χ3v) is 3.20. The van der Waals surface area contributed by atoms with Crippen molar-refractivity contribution in [2.45, 2.75) is 19.3 Å². The van der Waals surface area contributed by atoms with Gasteiger partial charge in [-0.05, 0) is 30.9 Å². The van der Waals surface area contributed by atoms with Crippen molar-refractivity contribution in [3.63, 3.8) is 0 Å². The lowest BCUT2D eigenvalue weighted by atomic mass is 9.85. The maximum atomic E-state index is 11.9. The molecule has 0 aromatic heterocycles. The lowest BCUT2D eigenvalue weighted by Crippen LogP contribution is -2.32. The van der Waals surface area contributed by atoms with Crippen LogP contribution in [-0.4, -0.2) is 19.6 Å². The predicted molar refractivity (Wildman–Crippen MR) is 67.1 cm³/mol. The summed E-state index contributed by atoms with van der Waals surface area (Å²) >= 11 is 0. The molecule has 1 aliphatic carbocycles. The molecule has 92 valence electrons. The Morgan fingerprint density at radius 3 is 2.82 bits per heavy atom. The third-order valence-electron chi connectivity index (χ3n) is 3.20. The minimum atomic E-state index is -0.0810. The average Bonchev–Trinajstić information content (AvgIpc) is 2.25. The summed E-state index contributed by atoms with van der Waals surface area (Å²) < 4.78 is 5.08. The molecular weight excluding hydrogens is 216 g/mol. The fraction of sp³-hybridized carbons (Fsp3) is 0.462. The van der Waals surface area contributed by atoms with Crippen molar-refractivity contribution in [3.8, 4) is 5.75 Å². The van der Waals surface area contributed by atoms with Gasteiger partial charge in [0.05, 0.1) is 7.11 Å². The Morgan fingerprint density at radius 2 is 2.24 bits per heavy atom. The van der Waals surface area contributed by atoms with Crippen molar-refractivity contribution in [1.82, 2.24) is 5.32 Å². The predicted octanol–water partition coefficient (Wildman–Crippen LogP) is 1.81. The second-order valence-electron chi connectivity index (χ2n) is 4.50. The molecule has 1 saturated carbocycles. The molecule has 0 unspecified atom stereocenters. The Kier molecular flexibility index (Phi) is 3.52. The normalized spacial score (nSPS) is 15.1. The standard InChI is InChI=1S/C13H18N2O2/c1-17-12-6-10(5-11(14)7-12)13(16)15-8-9-3-2-4-9/h5-7,9H,2-4,8,14H2,1H3,(H,15,16). The van der Waals surface area contributed by atoms with E-state index in [1.807, 2.05) is 0 Å². The van der Waals surface area contributed by atoms with E-state index in [-0.39, 0.29) is 5.91 Å². The third kappa shape index (κ3) is 2.90. The number of carbonyl (C=O) groups excluding carboxylic acids is 1. The molecule has 0 saturated heterocycles. The zero-order chi connectivity index (χ0) is 12.3. The molecule has 17 heavy (non-hydrogen) atoms. The first-order valence-electron chi connectivity index (χ1n) is 5.92. The summed E-state index contributed by atoms with van der Waals surface area (Å²) in [5.41, 5.74) is 6.80. The van der Waals surface area contributed by atoms with E-state index in [1.165, 1.54) is 19.3 Å². The van der Waals surface area contributed by atoms with E-state index in [1.54, 1.807) is 25.3 Å². The molecule has 0 atom stereocenters. The van der Waals surface area contributed by atoms with Crippen molar-refractivity contribution >= 4 is 11.6 Å². The van der Waals surface area contributed by atoms with E-state index >= 15 is 0 Å². The lowest BCUT2D eigenvalue weighted by molar-refractivity contribution is 0.0939. The molecule has 0 bridgehead atoms. The van der Waals surface area contributed by atoms with Gasteiger partial charge in [0.1, 0.15) is 5.75 Å². The van der Waals surface area contributed by atoms with Gasteiger partial charge in [-0.25, -0.2) is 0 Å². The molecule has 3 N–H and O–H groups in total. The first-order valence-corrected chi connectivity index (χ1v) is 5.92. The topological polar surface area (TPSA) is 64.3 Å². The number of nitrogens with two attached hydrogens (primary N) is 1. The van der Waals surface area contributed by atoms with Gasteiger partial charge >= 0.3 is 0 Å². The monoisotopic (exact) mass is 234 g/mol. The number of nitrogen functional groups attached to an aromatic ring is 1. The molecule has 0 heterocycles. The Balaban J connectivity index is 1.99. The molecular formula is C13H18N2O2. The van der Waals surface area contributed by atoms with Crippen molar-refractivity contribution in [3.05, 3.63) is 23.8 Å². The van der Waals surface area contributed by atoms with Crippen LogP contribution in [0.15, 0.2) is 18.2 Å². The molecule has 1 aromatic carbocycles. The van der Waals surface area contributed by atoms with Crippen molar-refractivity contribution in [1.29, 1.82) is 0 Å². The summed E-state index contributed by atoms with van der Waals surface area (Å²) in [5, 5.41) is 2.93. The van der Waals surface area contributed by atoms with Crippen LogP contribution in [0.25, 0.3) is 0 Å². The number of nitrogens with one attached hydrogen (secondary N) is 1. The van der Waals surface area contributed by atoms with Crippen LogP contribution < -0.4 is 15.8 Å². The number of hydrogen-bond acceptors (Lipinski definition) is 3. The Labute approximate surface area is 101 Å². The van der Waals surface area contributed by atoms with Gasteiger partial charge in [-0.2, -0.15) is 0 Å². The first-order chi connectivity index (χ1) is 8.19. The second-order valence-corrected chi connectivity index (χ2v) is 4.50.